The fourth-order valence-corrected chi connectivity index (χ4v) is 3.28. The number of nitrogens with zero attached hydrogens (tertiary/aromatic N) is 1. The van der Waals surface area contributed by atoms with E-state index in [-0.39, 0.29) is 24.1 Å². The van der Waals surface area contributed by atoms with Crippen molar-refractivity contribution in [2.45, 2.75) is 56.6 Å². The molecule has 2 rings (SSSR count). The summed E-state index contributed by atoms with van der Waals surface area (Å²) in [6.45, 7) is 0.535. The van der Waals surface area contributed by atoms with E-state index >= 15 is 0 Å². The van der Waals surface area contributed by atoms with E-state index in [0.717, 1.165) is 25.0 Å². The Balaban J connectivity index is 1.95. The van der Waals surface area contributed by atoms with Crippen molar-refractivity contribution >= 4 is 25.4 Å². The maximum Gasteiger partial charge on any atom is 0.410 e. The number of unbranched alkanes of at least 4 members (excludes halogenated alkanes) is 3. The van der Waals surface area contributed by atoms with Gasteiger partial charge in [-0.1, -0.05) is 54.7 Å². The fraction of sp³-hybridized carbons (Fsp3) is 0.524. The van der Waals surface area contributed by atoms with Crippen LogP contribution in [0.2, 0.25) is 0 Å². The molecule has 2 radical (unpaired) electrons. The molecular formula is C21H26BF2NO5. The van der Waals surface area contributed by atoms with Crippen LogP contribution in [0.15, 0.2) is 36.4 Å². The van der Waals surface area contributed by atoms with Crippen molar-refractivity contribution in [2.24, 2.45) is 0 Å². The number of carbonyl (C=O) groups excluding carboxylic acids is 1. The lowest BCUT2D eigenvalue weighted by Crippen LogP contribution is -2.45. The second-order valence-corrected chi connectivity index (χ2v) is 7.30. The van der Waals surface area contributed by atoms with Crippen molar-refractivity contribution in [3.63, 3.8) is 0 Å². The molecule has 0 aliphatic carbocycles. The minimum Gasteiger partial charge on any atom is -0.481 e. The molecule has 0 aromatic heterocycles. The topological polar surface area (TPSA) is 87.1 Å². The lowest BCUT2D eigenvalue weighted by molar-refractivity contribution is -0.137. The van der Waals surface area contributed by atoms with Crippen LogP contribution in [0.4, 0.5) is 13.6 Å². The standard InChI is InChI=1S/C21H26BF2NO5/c22-16-7-5-6-15(14-16)21(23,24)18(26)10-9-17-11-13-30-20(29)25(17)12-4-2-1-3-8-19(27)28/h5-7,9-10,14,17-18,26H,1-4,8,11-13H2,(H,27,28)/b10-9+/t17-,18+/m0/s1. The van der Waals surface area contributed by atoms with Gasteiger partial charge in [-0.25, -0.2) is 4.79 Å². The third-order valence-electron chi connectivity index (χ3n) is 4.97. The molecule has 9 heteroatoms. The van der Waals surface area contributed by atoms with Gasteiger partial charge < -0.3 is 19.8 Å². The SMILES string of the molecule is [B]c1cccc(C(F)(F)[C@H](O)/C=C/[C@H]2CCOC(=O)N2CCCCCCC(=O)O)c1. The molecule has 2 N–H and O–H groups in total. The summed E-state index contributed by atoms with van der Waals surface area (Å²) in [5.41, 5.74) is -0.214. The van der Waals surface area contributed by atoms with Gasteiger partial charge in [0.2, 0.25) is 0 Å². The Hall–Kier alpha value is -2.42. The van der Waals surface area contributed by atoms with Crippen molar-refractivity contribution in [2.75, 3.05) is 13.2 Å². The molecule has 2 atom stereocenters. The van der Waals surface area contributed by atoms with E-state index in [2.05, 4.69) is 0 Å². The molecule has 0 bridgehead atoms. The average molecular weight is 421 g/mol. The van der Waals surface area contributed by atoms with E-state index in [4.69, 9.17) is 17.7 Å². The smallest absolute Gasteiger partial charge is 0.410 e. The molecule has 1 saturated heterocycles. The van der Waals surface area contributed by atoms with Gasteiger partial charge in [-0.2, -0.15) is 8.78 Å². The van der Waals surface area contributed by atoms with Crippen LogP contribution in [-0.2, 0) is 15.5 Å². The third kappa shape index (κ3) is 6.83. The van der Waals surface area contributed by atoms with Crippen molar-refractivity contribution in [3.8, 4) is 0 Å². The number of aliphatic carboxylic acids is 1. The van der Waals surface area contributed by atoms with Gasteiger partial charge in [0, 0.05) is 24.9 Å². The van der Waals surface area contributed by atoms with Crippen molar-refractivity contribution in [1.29, 1.82) is 0 Å². The van der Waals surface area contributed by atoms with Crippen LogP contribution in [-0.4, -0.2) is 60.3 Å². The van der Waals surface area contributed by atoms with Gasteiger partial charge in [0.05, 0.1) is 12.6 Å². The number of halogens is 2. The lowest BCUT2D eigenvalue weighted by Gasteiger charge is -2.33. The quantitative estimate of drug-likeness (QED) is 0.326. The van der Waals surface area contributed by atoms with E-state index in [0.29, 0.717) is 25.8 Å². The van der Waals surface area contributed by atoms with Gasteiger partial charge in [0.15, 0.2) is 0 Å². The Morgan fingerprint density at radius 2 is 2.07 bits per heavy atom. The number of amides is 1. The number of aliphatic hydroxyl groups is 1. The number of benzene rings is 1. The van der Waals surface area contributed by atoms with E-state index < -0.39 is 30.1 Å². The van der Waals surface area contributed by atoms with Crippen LogP contribution in [0.25, 0.3) is 0 Å². The van der Waals surface area contributed by atoms with Crippen molar-refractivity contribution in [3.05, 3.63) is 42.0 Å². The Labute approximate surface area is 175 Å². The number of aliphatic hydroxyl groups excluding tert-OH is 1. The second-order valence-electron chi connectivity index (χ2n) is 7.30. The summed E-state index contributed by atoms with van der Waals surface area (Å²) in [5.74, 6) is -4.37. The first kappa shape index (κ1) is 23.9. The Morgan fingerprint density at radius 3 is 2.77 bits per heavy atom. The summed E-state index contributed by atoms with van der Waals surface area (Å²) in [5, 5.41) is 18.7. The van der Waals surface area contributed by atoms with Crippen molar-refractivity contribution in [1.82, 2.24) is 4.90 Å². The normalized spacial score (nSPS) is 18.4. The molecule has 0 spiro atoms. The zero-order chi connectivity index (χ0) is 22.1. The number of cyclic esters (lactones) is 1. The summed E-state index contributed by atoms with van der Waals surface area (Å²) in [6, 6.07) is 4.73. The zero-order valence-electron chi connectivity index (χ0n) is 16.7. The molecule has 1 amide bonds. The van der Waals surface area contributed by atoms with E-state index in [1.54, 1.807) is 0 Å². The molecule has 1 heterocycles. The highest BCUT2D eigenvalue weighted by Crippen LogP contribution is 2.32. The Bertz CT molecular complexity index is 759. The molecule has 1 aromatic rings. The highest BCUT2D eigenvalue weighted by Gasteiger charge is 2.39. The second kappa shape index (κ2) is 11.1. The van der Waals surface area contributed by atoms with Gasteiger partial charge in [0.1, 0.15) is 14.0 Å². The van der Waals surface area contributed by atoms with E-state index in [1.165, 1.54) is 29.2 Å². The minimum atomic E-state index is -3.53. The summed E-state index contributed by atoms with van der Waals surface area (Å²) in [4.78, 5) is 24.0. The highest BCUT2D eigenvalue weighted by atomic mass is 19.3. The van der Waals surface area contributed by atoms with Crippen LogP contribution in [0, 0.1) is 0 Å². The molecule has 6 nitrogen and oxygen atoms in total. The van der Waals surface area contributed by atoms with Crippen LogP contribution in [0.3, 0.4) is 0 Å². The first-order chi connectivity index (χ1) is 14.2. The third-order valence-corrected chi connectivity index (χ3v) is 4.97. The van der Waals surface area contributed by atoms with Crippen LogP contribution in [0.1, 0.15) is 44.1 Å². The molecular weight excluding hydrogens is 395 g/mol. The summed E-state index contributed by atoms with van der Waals surface area (Å²) < 4.78 is 34.1. The summed E-state index contributed by atoms with van der Waals surface area (Å²) in [7, 11) is 5.55. The Kier molecular flexibility index (Phi) is 8.83. The van der Waals surface area contributed by atoms with Gasteiger partial charge in [-0.15, -0.1) is 0 Å². The van der Waals surface area contributed by atoms with E-state index in [9.17, 15) is 23.5 Å². The lowest BCUT2D eigenvalue weighted by atomic mass is 9.91. The molecule has 30 heavy (non-hydrogen) atoms. The molecule has 0 unspecified atom stereocenters. The largest absolute Gasteiger partial charge is 0.481 e. The van der Waals surface area contributed by atoms with Gasteiger partial charge in [0.25, 0.3) is 0 Å². The predicted molar refractivity (Wildman–Crippen MR) is 108 cm³/mol. The number of carboxylic acid groups (broad SMARTS) is 1. The van der Waals surface area contributed by atoms with Gasteiger partial charge in [-0.05, 0) is 12.8 Å². The van der Waals surface area contributed by atoms with E-state index in [1.807, 2.05) is 0 Å². The number of carbonyl (C=O) groups is 2. The van der Waals surface area contributed by atoms with Crippen molar-refractivity contribution < 1.29 is 33.3 Å². The number of ether oxygens (including phenoxy) is 1. The maximum atomic E-state index is 14.5. The molecule has 0 saturated carbocycles. The zero-order valence-corrected chi connectivity index (χ0v) is 16.7. The monoisotopic (exact) mass is 421 g/mol. The van der Waals surface area contributed by atoms with Gasteiger partial charge in [-0.3, -0.25) is 4.79 Å². The summed E-state index contributed by atoms with van der Waals surface area (Å²) in [6.07, 6.45) is 3.02. The maximum absolute atomic E-state index is 14.5. The van der Waals surface area contributed by atoms with Crippen LogP contribution >= 0.6 is 0 Å². The average Bonchev–Trinajstić information content (AvgIpc) is 2.69. The van der Waals surface area contributed by atoms with Crippen LogP contribution in [0.5, 0.6) is 0 Å². The predicted octanol–water partition coefficient (Wildman–Crippen LogP) is 2.74. The number of hydrogen-bond acceptors (Lipinski definition) is 4. The molecule has 1 fully saturated rings. The first-order valence-corrected chi connectivity index (χ1v) is 9.97. The fourth-order valence-electron chi connectivity index (χ4n) is 3.28. The molecule has 162 valence electrons. The van der Waals surface area contributed by atoms with Gasteiger partial charge >= 0.3 is 18.0 Å². The number of alkyl halides is 2. The minimum absolute atomic E-state index is 0.107. The molecule has 1 aliphatic rings. The number of rotatable bonds is 11. The molecule has 1 aliphatic heterocycles. The molecule has 1 aromatic carbocycles. The number of hydrogen-bond donors (Lipinski definition) is 2. The highest BCUT2D eigenvalue weighted by molar-refractivity contribution is 6.32. The first-order valence-electron chi connectivity index (χ1n) is 9.97. The Morgan fingerprint density at radius 1 is 1.33 bits per heavy atom. The number of carboxylic acids is 1. The summed E-state index contributed by atoms with van der Waals surface area (Å²) >= 11 is 0. The van der Waals surface area contributed by atoms with Crippen LogP contribution < -0.4 is 5.46 Å².